The lowest BCUT2D eigenvalue weighted by Gasteiger charge is -2.13. The molecule has 0 aliphatic rings. The molecule has 0 fully saturated rings. The topological polar surface area (TPSA) is 55.4 Å². The molecule has 0 aliphatic carbocycles. The molecule has 0 aliphatic heterocycles. The molecule has 0 heterocycles. The van der Waals surface area contributed by atoms with Crippen molar-refractivity contribution in [3.63, 3.8) is 0 Å². The Kier molecular flexibility index (Phi) is 7.99. The predicted octanol–water partition coefficient (Wildman–Crippen LogP) is 4.59. The van der Waals surface area contributed by atoms with Gasteiger partial charge in [0, 0.05) is 12.1 Å². The van der Waals surface area contributed by atoms with Crippen LogP contribution >= 0.6 is 0 Å². The Balaban J connectivity index is 1.82. The molecule has 1 amide bonds. The third-order valence-electron chi connectivity index (χ3n) is 4.33. The summed E-state index contributed by atoms with van der Waals surface area (Å²) in [7, 11) is 0. The number of ether oxygens (including phenoxy) is 1. The van der Waals surface area contributed by atoms with Crippen LogP contribution in [0.4, 0.5) is 4.39 Å². The lowest BCUT2D eigenvalue weighted by atomic mass is 9.95. The Labute approximate surface area is 159 Å². The summed E-state index contributed by atoms with van der Waals surface area (Å²) in [6, 6.07) is 13.8. The van der Waals surface area contributed by atoms with E-state index >= 15 is 0 Å². The molecule has 27 heavy (non-hydrogen) atoms. The van der Waals surface area contributed by atoms with Gasteiger partial charge in [0.05, 0.1) is 6.42 Å². The zero-order chi connectivity index (χ0) is 19.6. The van der Waals surface area contributed by atoms with E-state index in [2.05, 4.69) is 12.2 Å². The van der Waals surface area contributed by atoms with E-state index in [0.29, 0.717) is 0 Å². The van der Waals surface area contributed by atoms with Crippen molar-refractivity contribution in [3.05, 3.63) is 71.0 Å². The van der Waals surface area contributed by atoms with Crippen LogP contribution in [0.15, 0.2) is 48.5 Å². The monoisotopic (exact) mass is 371 g/mol. The number of nitrogens with one attached hydrogen (secondary N) is 1. The van der Waals surface area contributed by atoms with Gasteiger partial charge in [-0.05, 0) is 41.7 Å². The van der Waals surface area contributed by atoms with Crippen LogP contribution in [0.3, 0.4) is 0 Å². The van der Waals surface area contributed by atoms with Gasteiger partial charge in [-0.1, -0.05) is 50.6 Å². The van der Waals surface area contributed by atoms with Crippen LogP contribution in [0.1, 0.15) is 60.5 Å². The summed E-state index contributed by atoms with van der Waals surface area (Å²) in [6.45, 7) is 4.43. The molecule has 144 valence electrons. The molecule has 2 aromatic rings. The first-order valence-corrected chi connectivity index (χ1v) is 9.27. The van der Waals surface area contributed by atoms with E-state index in [1.807, 2.05) is 37.3 Å². The minimum Gasteiger partial charge on any atom is -0.461 e. The quantitative estimate of drug-likeness (QED) is 0.656. The average molecular weight is 371 g/mol. The Bertz CT molecular complexity index is 761. The van der Waals surface area contributed by atoms with Crippen LogP contribution < -0.4 is 5.32 Å². The van der Waals surface area contributed by atoms with E-state index in [9.17, 15) is 14.0 Å². The fraction of sp³-hybridized carbons (Fsp3) is 0.364. The van der Waals surface area contributed by atoms with Gasteiger partial charge < -0.3 is 10.1 Å². The second-order valence-corrected chi connectivity index (χ2v) is 6.62. The van der Waals surface area contributed by atoms with Crippen molar-refractivity contribution in [1.82, 2.24) is 5.32 Å². The maximum atomic E-state index is 13.8. The first-order valence-electron chi connectivity index (χ1n) is 9.27. The highest BCUT2D eigenvalue weighted by Gasteiger charge is 2.13. The number of benzene rings is 2. The number of halogens is 1. The fourth-order valence-corrected chi connectivity index (χ4v) is 2.82. The van der Waals surface area contributed by atoms with E-state index in [4.69, 9.17) is 4.74 Å². The number of carbonyl (C=O) groups excluding carboxylic acids is 2. The van der Waals surface area contributed by atoms with Gasteiger partial charge in [0.2, 0.25) is 0 Å². The Morgan fingerprint density at radius 1 is 1.15 bits per heavy atom. The molecule has 0 aromatic heterocycles. The number of hydrogen-bond donors (Lipinski definition) is 1. The van der Waals surface area contributed by atoms with Gasteiger partial charge >= 0.3 is 5.97 Å². The molecule has 4 nitrogen and oxygen atoms in total. The van der Waals surface area contributed by atoms with Gasteiger partial charge in [-0.3, -0.25) is 9.59 Å². The molecule has 2 aromatic carbocycles. The van der Waals surface area contributed by atoms with Crippen molar-refractivity contribution in [2.45, 2.75) is 45.6 Å². The maximum absolute atomic E-state index is 13.8. The van der Waals surface area contributed by atoms with E-state index in [-0.39, 0.29) is 31.1 Å². The van der Waals surface area contributed by atoms with Crippen molar-refractivity contribution in [2.24, 2.45) is 0 Å². The standard InChI is InChI=1S/C22H26FNO3/c1-3-7-16(2)18-12-19(14-20(23)13-18)22(26)24-11-10-21(25)27-15-17-8-5-4-6-9-17/h4-6,8-9,12-14,16H,3,7,10-11,15H2,1-2H3,(H,24,26). The van der Waals surface area contributed by atoms with Gasteiger partial charge in [-0.25, -0.2) is 4.39 Å². The van der Waals surface area contributed by atoms with Gasteiger partial charge in [0.15, 0.2) is 0 Å². The minimum atomic E-state index is -0.428. The Morgan fingerprint density at radius 2 is 1.89 bits per heavy atom. The summed E-state index contributed by atoms with van der Waals surface area (Å²) in [4.78, 5) is 24.0. The normalized spacial score (nSPS) is 11.7. The molecular weight excluding hydrogens is 345 g/mol. The average Bonchev–Trinajstić information content (AvgIpc) is 2.66. The van der Waals surface area contributed by atoms with E-state index in [1.54, 1.807) is 6.07 Å². The first-order chi connectivity index (χ1) is 13.0. The molecule has 2 rings (SSSR count). The zero-order valence-electron chi connectivity index (χ0n) is 15.8. The van der Waals surface area contributed by atoms with Gasteiger partial charge in [-0.2, -0.15) is 0 Å². The minimum absolute atomic E-state index is 0.0625. The molecule has 5 heteroatoms. The highest BCUT2D eigenvalue weighted by Crippen LogP contribution is 2.22. The molecule has 0 spiro atoms. The molecule has 0 saturated heterocycles. The summed E-state index contributed by atoms with van der Waals surface area (Å²) in [5, 5.41) is 2.65. The zero-order valence-corrected chi connectivity index (χ0v) is 15.8. The maximum Gasteiger partial charge on any atom is 0.307 e. The van der Waals surface area contributed by atoms with Crippen LogP contribution in [-0.4, -0.2) is 18.4 Å². The number of carbonyl (C=O) groups is 2. The molecule has 1 unspecified atom stereocenters. The van der Waals surface area contributed by atoms with Gasteiger partial charge in [0.25, 0.3) is 5.91 Å². The van der Waals surface area contributed by atoms with E-state index in [0.717, 1.165) is 24.0 Å². The summed E-state index contributed by atoms with van der Waals surface area (Å²) in [5.41, 5.74) is 1.98. The van der Waals surface area contributed by atoms with Crippen LogP contribution in [0.25, 0.3) is 0 Å². The summed E-state index contributed by atoms with van der Waals surface area (Å²) in [6.07, 6.45) is 1.98. The lowest BCUT2D eigenvalue weighted by Crippen LogP contribution is -2.26. The van der Waals surface area contributed by atoms with E-state index in [1.165, 1.54) is 12.1 Å². The Hall–Kier alpha value is -2.69. The van der Waals surface area contributed by atoms with Crippen LogP contribution in [0.5, 0.6) is 0 Å². The van der Waals surface area contributed by atoms with E-state index < -0.39 is 17.7 Å². The summed E-state index contributed by atoms with van der Waals surface area (Å²) < 4.78 is 19.0. The molecule has 0 saturated carbocycles. The second kappa shape index (κ2) is 10.5. The number of esters is 1. The smallest absolute Gasteiger partial charge is 0.307 e. The summed E-state index contributed by atoms with van der Waals surface area (Å²) in [5.74, 6) is -1.03. The van der Waals surface area contributed by atoms with Gasteiger partial charge in [0.1, 0.15) is 12.4 Å². The third-order valence-corrected chi connectivity index (χ3v) is 4.33. The summed E-state index contributed by atoms with van der Waals surface area (Å²) >= 11 is 0. The molecule has 1 N–H and O–H groups in total. The largest absolute Gasteiger partial charge is 0.461 e. The van der Waals surface area contributed by atoms with Crippen LogP contribution in [0, 0.1) is 5.82 Å². The lowest BCUT2D eigenvalue weighted by molar-refractivity contribution is -0.144. The van der Waals surface area contributed by atoms with Crippen molar-refractivity contribution >= 4 is 11.9 Å². The molecular formula is C22H26FNO3. The van der Waals surface area contributed by atoms with Crippen molar-refractivity contribution in [2.75, 3.05) is 6.54 Å². The predicted molar refractivity (Wildman–Crippen MR) is 103 cm³/mol. The number of hydrogen-bond acceptors (Lipinski definition) is 3. The highest BCUT2D eigenvalue weighted by molar-refractivity contribution is 5.94. The SMILES string of the molecule is CCCC(C)c1cc(F)cc(C(=O)NCCC(=O)OCc2ccccc2)c1. The molecule has 1 atom stereocenters. The van der Waals surface area contributed by atoms with Crippen molar-refractivity contribution in [3.8, 4) is 0 Å². The van der Waals surface area contributed by atoms with Crippen LogP contribution in [0.2, 0.25) is 0 Å². The van der Waals surface area contributed by atoms with Crippen molar-refractivity contribution in [1.29, 1.82) is 0 Å². The molecule has 0 bridgehead atoms. The van der Waals surface area contributed by atoms with Crippen molar-refractivity contribution < 1.29 is 18.7 Å². The number of amides is 1. The Morgan fingerprint density at radius 3 is 2.59 bits per heavy atom. The third kappa shape index (κ3) is 6.85. The second-order valence-electron chi connectivity index (χ2n) is 6.62. The first kappa shape index (κ1) is 20.6. The number of rotatable bonds is 9. The van der Waals surface area contributed by atoms with Gasteiger partial charge in [-0.15, -0.1) is 0 Å². The fourth-order valence-electron chi connectivity index (χ4n) is 2.82. The molecule has 0 radical (unpaired) electrons. The highest BCUT2D eigenvalue weighted by atomic mass is 19.1. The van der Waals surface area contributed by atoms with Crippen LogP contribution in [-0.2, 0) is 16.1 Å².